The second-order valence-electron chi connectivity index (χ2n) is 8.26. The maximum absolute atomic E-state index is 12.2. The number of Topliss-reactive ketones (excluding diaryl/α,β-unsaturated/α-hetero) is 1. The van der Waals surface area contributed by atoms with Gasteiger partial charge in [-0.3, -0.25) is 4.79 Å². The molecule has 4 unspecified atom stereocenters. The molecule has 0 amide bonds. The standard InChI is InChI=1S/C22H22N4O/c1-14-3-6-19-16(4-5-17-15(2)20(27)18(17)9-14)7-8-21(10-23,11-24)22(19,12-25)13-26/h7,14,17-19H,2-6,8-9H2,1H3. The van der Waals surface area contributed by atoms with Gasteiger partial charge in [0.2, 0.25) is 0 Å². The Kier molecular flexibility index (Phi) is 4.68. The Morgan fingerprint density at radius 1 is 1.04 bits per heavy atom. The molecule has 3 aliphatic carbocycles. The van der Waals surface area contributed by atoms with Gasteiger partial charge in [-0.2, -0.15) is 21.0 Å². The lowest BCUT2D eigenvalue weighted by Crippen LogP contribution is -2.48. The van der Waals surface area contributed by atoms with Crippen molar-refractivity contribution in [2.45, 2.75) is 45.4 Å². The first-order valence-corrected chi connectivity index (χ1v) is 9.46. The number of nitriles is 4. The lowest BCUT2D eigenvalue weighted by molar-refractivity contribution is -0.127. The topological polar surface area (TPSA) is 112 Å². The van der Waals surface area contributed by atoms with Gasteiger partial charge in [0.05, 0.1) is 24.3 Å². The van der Waals surface area contributed by atoms with Gasteiger partial charge in [0.15, 0.2) is 16.6 Å². The molecule has 0 bridgehead atoms. The Labute approximate surface area is 160 Å². The Bertz CT molecular complexity index is 857. The Morgan fingerprint density at radius 2 is 1.70 bits per heavy atom. The van der Waals surface area contributed by atoms with E-state index < -0.39 is 16.7 Å². The number of fused-ring (bicyclic) bond motifs is 2. The molecule has 0 aliphatic heterocycles. The molecule has 2 saturated carbocycles. The molecule has 5 nitrogen and oxygen atoms in total. The second kappa shape index (κ2) is 6.68. The van der Waals surface area contributed by atoms with E-state index in [0.29, 0.717) is 18.4 Å². The monoisotopic (exact) mass is 358 g/mol. The van der Waals surface area contributed by atoms with Crippen LogP contribution in [0, 0.1) is 79.8 Å². The first kappa shape index (κ1) is 18.9. The van der Waals surface area contributed by atoms with Gasteiger partial charge in [-0.05, 0) is 43.1 Å². The minimum absolute atomic E-state index is 0.0437. The lowest BCUT2D eigenvalue weighted by Gasteiger charge is -2.45. The summed E-state index contributed by atoms with van der Waals surface area (Å²) < 4.78 is 0. The Hall–Kier alpha value is -2.89. The van der Waals surface area contributed by atoms with Crippen molar-refractivity contribution in [1.29, 1.82) is 21.0 Å². The van der Waals surface area contributed by atoms with Gasteiger partial charge in [-0.1, -0.05) is 31.6 Å². The molecule has 136 valence electrons. The van der Waals surface area contributed by atoms with Crippen molar-refractivity contribution in [3.63, 3.8) is 0 Å². The molecule has 4 atom stereocenters. The molecule has 0 heterocycles. The van der Waals surface area contributed by atoms with Crippen LogP contribution in [0.15, 0.2) is 23.8 Å². The van der Waals surface area contributed by atoms with E-state index in [-0.39, 0.29) is 30.0 Å². The zero-order valence-electron chi connectivity index (χ0n) is 15.5. The van der Waals surface area contributed by atoms with Crippen LogP contribution in [0.2, 0.25) is 0 Å². The molecule has 0 saturated heterocycles. The van der Waals surface area contributed by atoms with Gasteiger partial charge in [0, 0.05) is 18.3 Å². The van der Waals surface area contributed by atoms with E-state index in [9.17, 15) is 25.8 Å². The molecule has 3 rings (SSSR count). The third kappa shape index (κ3) is 2.51. The molecule has 0 aromatic carbocycles. The molecule has 0 spiro atoms. The molecule has 5 heteroatoms. The van der Waals surface area contributed by atoms with Crippen molar-refractivity contribution >= 4 is 5.78 Å². The van der Waals surface area contributed by atoms with E-state index in [4.69, 9.17) is 0 Å². The fourth-order valence-electron chi connectivity index (χ4n) is 5.23. The molecule has 0 aromatic heterocycles. The van der Waals surface area contributed by atoms with Gasteiger partial charge in [-0.15, -0.1) is 0 Å². The van der Waals surface area contributed by atoms with E-state index in [0.717, 1.165) is 24.8 Å². The van der Waals surface area contributed by atoms with Crippen LogP contribution in [-0.4, -0.2) is 5.78 Å². The molecule has 0 radical (unpaired) electrons. The third-order valence-corrected chi connectivity index (χ3v) is 6.98. The summed E-state index contributed by atoms with van der Waals surface area (Å²) in [6, 6.07) is 8.18. The van der Waals surface area contributed by atoms with Crippen molar-refractivity contribution < 1.29 is 4.79 Å². The highest BCUT2D eigenvalue weighted by Gasteiger charge is 2.61. The van der Waals surface area contributed by atoms with E-state index in [1.165, 1.54) is 0 Å². The summed E-state index contributed by atoms with van der Waals surface area (Å²) in [5.74, 6) is 0.227. The van der Waals surface area contributed by atoms with Crippen LogP contribution in [-0.2, 0) is 4.79 Å². The zero-order chi connectivity index (χ0) is 19.8. The van der Waals surface area contributed by atoms with Crippen molar-refractivity contribution in [3.8, 4) is 24.3 Å². The fraction of sp³-hybridized carbons (Fsp3) is 0.591. The Balaban J connectivity index is 2.03. The highest BCUT2D eigenvalue weighted by molar-refractivity contribution is 6.04. The van der Waals surface area contributed by atoms with E-state index in [1.807, 2.05) is 18.2 Å². The lowest BCUT2D eigenvalue weighted by atomic mass is 9.51. The number of ketones is 1. The molecule has 0 aromatic rings. The molecule has 3 aliphatic rings. The van der Waals surface area contributed by atoms with Crippen LogP contribution in [0.25, 0.3) is 0 Å². The van der Waals surface area contributed by atoms with E-state index in [1.54, 1.807) is 0 Å². The van der Waals surface area contributed by atoms with Crippen LogP contribution in [0.1, 0.15) is 45.4 Å². The number of allylic oxidation sites excluding steroid dienone is 3. The van der Waals surface area contributed by atoms with Crippen molar-refractivity contribution in [3.05, 3.63) is 23.8 Å². The van der Waals surface area contributed by atoms with Crippen LogP contribution >= 0.6 is 0 Å². The third-order valence-electron chi connectivity index (χ3n) is 6.98. The molecule has 27 heavy (non-hydrogen) atoms. The average molecular weight is 358 g/mol. The minimum Gasteiger partial charge on any atom is -0.294 e. The van der Waals surface area contributed by atoms with E-state index in [2.05, 4.69) is 25.6 Å². The summed E-state index contributed by atoms with van der Waals surface area (Å²) >= 11 is 0. The quantitative estimate of drug-likeness (QED) is 0.480. The van der Waals surface area contributed by atoms with Crippen molar-refractivity contribution in [1.82, 2.24) is 0 Å². The normalized spacial score (nSPS) is 34.0. The van der Waals surface area contributed by atoms with Crippen LogP contribution < -0.4 is 0 Å². The van der Waals surface area contributed by atoms with Gasteiger partial charge in [0.25, 0.3) is 0 Å². The van der Waals surface area contributed by atoms with Gasteiger partial charge >= 0.3 is 0 Å². The summed E-state index contributed by atoms with van der Waals surface area (Å²) in [6.07, 6.45) is 5.55. The van der Waals surface area contributed by atoms with Crippen LogP contribution in [0.5, 0.6) is 0 Å². The highest BCUT2D eigenvalue weighted by Crippen LogP contribution is 2.56. The predicted molar refractivity (Wildman–Crippen MR) is 96.9 cm³/mol. The minimum atomic E-state index is -1.66. The second-order valence-corrected chi connectivity index (χ2v) is 8.26. The molecular formula is C22H22N4O. The number of carbonyl (C=O) groups is 1. The smallest absolute Gasteiger partial charge is 0.182 e. The summed E-state index contributed by atoms with van der Waals surface area (Å²) in [5, 5.41) is 39.3. The zero-order valence-corrected chi connectivity index (χ0v) is 15.5. The van der Waals surface area contributed by atoms with Gasteiger partial charge < -0.3 is 0 Å². The first-order valence-electron chi connectivity index (χ1n) is 9.46. The van der Waals surface area contributed by atoms with Crippen LogP contribution in [0.3, 0.4) is 0 Å². The molecular weight excluding hydrogens is 336 g/mol. The highest BCUT2D eigenvalue weighted by atomic mass is 16.1. The predicted octanol–water partition coefficient (Wildman–Crippen LogP) is 3.97. The SMILES string of the molecule is C=C1C(=O)C2CC(C)CCC3C(=CCC(C#N)(C#N)C3(C#N)C#N)CCC12. The summed E-state index contributed by atoms with van der Waals surface area (Å²) in [7, 11) is 0. The number of nitrogens with zero attached hydrogens (tertiary/aromatic N) is 4. The largest absolute Gasteiger partial charge is 0.294 e. The maximum Gasteiger partial charge on any atom is 0.182 e. The maximum atomic E-state index is 12.2. The van der Waals surface area contributed by atoms with E-state index >= 15 is 0 Å². The average Bonchev–Trinajstić information content (AvgIpc) is 2.70. The molecule has 0 N–H and O–H groups in total. The van der Waals surface area contributed by atoms with Crippen molar-refractivity contribution in [2.75, 3.05) is 0 Å². The van der Waals surface area contributed by atoms with Crippen molar-refractivity contribution in [2.24, 2.45) is 34.5 Å². The van der Waals surface area contributed by atoms with Crippen LogP contribution in [0.4, 0.5) is 0 Å². The summed E-state index contributed by atoms with van der Waals surface area (Å²) in [4.78, 5) is 12.2. The van der Waals surface area contributed by atoms with Gasteiger partial charge in [-0.25, -0.2) is 0 Å². The Morgan fingerprint density at radius 3 is 2.30 bits per heavy atom. The number of hydrogen-bond acceptors (Lipinski definition) is 5. The summed E-state index contributed by atoms with van der Waals surface area (Å²) in [6.45, 7) is 6.02. The first-order chi connectivity index (χ1) is 12.9. The summed E-state index contributed by atoms with van der Waals surface area (Å²) in [5.41, 5.74) is -1.63. The van der Waals surface area contributed by atoms with Gasteiger partial charge in [0.1, 0.15) is 0 Å². The number of carbonyl (C=O) groups excluding carboxylic acids is 1. The number of hydrogen-bond donors (Lipinski definition) is 0. The number of rotatable bonds is 0. The fourth-order valence-corrected chi connectivity index (χ4v) is 5.23. The molecule has 2 fully saturated rings.